The third-order valence-electron chi connectivity index (χ3n) is 2.55. The number of hydrogen-bond donors (Lipinski definition) is 1. The molecule has 1 atom stereocenters. The van der Waals surface area contributed by atoms with Crippen LogP contribution in [0.2, 0.25) is 0 Å². The molecule has 17 heavy (non-hydrogen) atoms. The van der Waals surface area contributed by atoms with Gasteiger partial charge in [-0.2, -0.15) is 0 Å². The van der Waals surface area contributed by atoms with Crippen LogP contribution in [0.5, 0.6) is 5.75 Å². The standard InChI is InChI=1S/C12H17FN2O2/c1-15(2)12(16)9(7-14)8-4-5-11(17-3)10(13)6-8/h4-6,9H,7,14H2,1-3H3. The Morgan fingerprint density at radius 2 is 2.18 bits per heavy atom. The molecule has 2 N–H and O–H groups in total. The molecular formula is C12H17FN2O2. The Bertz CT molecular complexity index is 407. The number of nitrogens with zero attached hydrogens (tertiary/aromatic N) is 1. The number of methoxy groups -OCH3 is 1. The van der Waals surface area contributed by atoms with Gasteiger partial charge in [0.05, 0.1) is 13.0 Å². The molecule has 0 aliphatic rings. The zero-order valence-corrected chi connectivity index (χ0v) is 10.2. The highest BCUT2D eigenvalue weighted by Crippen LogP contribution is 2.23. The first-order chi connectivity index (χ1) is 8.01. The smallest absolute Gasteiger partial charge is 0.230 e. The highest BCUT2D eigenvalue weighted by Gasteiger charge is 2.21. The number of amides is 1. The summed E-state index contributed by atoms with van der Waals surface area (Å²) in [6.07, 6.45) is 0. The normalized spacial score (nSPS) is 12.1. The molecule has 4 nitrogen and oxygen atoms in total. The molecule has 0 radical (unpaired) electrons. The predicted molar refractivity (Wildman–Crippen MR) is 63.4 cm³/mol. The SMILES string of the molecule is COc1ccc(C(CN)C(=O)N(C)C)cc1F. The maximum Gasteiger partial charge on any atom is 0.230 e. The molecule has 0 aliphatic carbocycles. The molecule has 1 amide bonds. The average molecular weight is 240 g/mol. The minimum Gasteiger partial charge on any atom is -0.494 e. The third-order valence-corrected chi connectivity index (χ3v) is 2.55. The van der Waals surface area contributed by atoms with E-state index in [1.807, 2.05) is 0 Å². The number of hydrogen-bond acceptors (Lipinski definition) is 3. The summed E-state index contributed by atoms with van der Waals surface area (Å²) in [6, 6.07) is 4.44. The number of likely N-dealkylation sites (N-methyl/N-ethyl adjacent to an activating group) is 1. The molecule has 0 saturated carbocycles. The van der Waals surface area contributed by atoms with Crippen LogP contribution in [0.15, 0.2) is 18.2 Å². The summed E-state index contributed by atoms with van der Waals surface area (Å²) in [6.45, 7) is 0.142. The Hall–Kier alpha value is -1.62. The number of carbonyl (C=O) groups excluding carboxylic acids is 1. The second-order valence-corrected chi connectivity index (χ2v) is 3.91. The number of halogens is 1. The fourth-order valence-corrected chi connectivity index (χ4v) is 1.59. The number of rotatable bonds is 4. The van der Waals surface area contributed by atoms with Gasteiger partial charge in [-0.05, 0) is 17.7 Å². The highest BCUT2D eigenvalue weighted by molar-refractivity contribution is 5.83. The van der Waals surface area contributed by atoms with Gasteiger partial charge in [0.1, 0.15) is 0 Å². The molecule has 5 heteroatoms. The molecule has 1 rings (SSSR count). The lowest BCUT2D eigenvalue weighted by atomic mass is 9.97. The van der Waals surface area contributed by atoms with E-state index in [9.17, 15) is 9.18 Å². The van der Waals surface area contributed by atoms with Gasteiger partial charge >= 0.3 is 0 Å². The van der Waals surface area contributed by atoms with E-state index in [4.69, 9.17) is 10.5 Å². The van der Waals surface area contributed by atoms with Gasteiger partial charge in [0.25, 0.3) is 0 Å². The van der Waals surface area contributed by atoms with Crippen LogP contribution >= 0.6 is 0 Å². The van der Waals surface area contributed by atoms with Crippen molar-refractivity contribution >= 4 is 5.91 Å². The number of nitrogens with two attached hydrogens (primary N) is 1. The van der Waals surface area contributed by atoms with Crippen LogP contribution in [-0.4, -0.2) is 38.6 Å². The second-order valence-electron chi connectivity index (χ2n) is 3.91. The molecule has 1 unspecified atom stereocenters. The summed E-state index contributed by atoms with van der Waals surface area (Å²) in [4.78, 5) is 13.3. The molecule has 0 saturated heterocycles. The van der Waals surface area contributed by atoms with Crippen molar-refractivity contribution in [3.05, 3.63) is 29.6 Å². The number of benzene rings is 1. The van der Waals surface area contributed by atoms with Crippen molar-refractivity contribution in [3.63, 3.8) is 0 Å². The fraction of sp³-hybridized carbons (Fsp3) is 0.417. The van der Waals surface area contributed by atoms with Gasteiger partial charge < -0.3 is 15.4 Å². The Labute approximate surface area is 100 Å². The molecule has 0 bridgehead atoms. The van der Waals surface area contributed by atoms with Crippen LogP contribution in [0.3, 0.4) is 0 Å². The lowest BCUT2D eigenvalue weighted by Gasteiger charge is -2.19. The first-order valence-electron chi connectivity index (χ1n) is 5.26. The van der Waals surface area contributed by atoms with Crippen molar-refractivity contribution in [2.45, 2.75) is 5.92 Å². The van der Waals surface area contributed by atoms with E-state index in [-0.39, 0.29) is 18.2 Å². The molecule has 0 spiro atoms. The van der Waals surface area contributed by atoms with Crippen molar-refractivity contribution < 1.29 is 13.9 Å². The zero-order chi connectivity index (χ0) is 13.0. The topological polar surface area (TPSA) is 55.6 Å². The van der Waals surface area contributed by atoms with E-state index in [2.05, 4.69) is 0 Å². The summed E-state index contributed by atoms with van der Waals surface area (Å²) < 4.78 is 18.3. The van der Waals surface area contributed by atoms with Crippen molar-refractivity contribution in [1.29, 1.82) is 0 Å². The van der Waals surface area contributed by atoms with Crippen molar-refractivity contribution in [1.82, 2.24) is 4.90 Å². The van der Waals surface area contributed by atoms with E-state index in [1.165, 1.54) is 24.1 Å². The van der Waals surface area contributed by atoms with Crippen LogP contribution in [0.4, 0.5) is 4.39 Å². The van der Waals surface area contributed by atoms with Crippen molar-refractivity contribution in [2.75, 3.05) is 27.7 Å². The minimum absolute atomic E-state index is 0.142. The van der Waals surface area contributed by atoms with Crippen LogP contribution < -0.4 is 10.5 Å². The molecule has 94 valence electrons. The van der Waals surface area contributed by atoms with Gasteiger partial charge in [-0.3, -0.25) is 4.79 Å². The third kappa shape index (κ3) is 2.94. The zero-order valence-electron chi connectivity index (χ0n) is 10.2. The number of carbonyl (C=O) groups is 1. The van der Waals surface area contributed by atoms with Gasteiger partial charge in [-0.1, -0.05) is 6.07 Å². The maximum absolute atomic E-state index is 13.5. The molecule has 0 aromatic heterocycles. The van der Waals surface area contributed by atoms with Gasteiger partial charge in [-0.25, -0.2) is 4.39 Å². The quantitative estimate of drug-likeness (QED) is 0.853. The van der Waals surface area contributed by atoms with Gasteiger partial charge in [0, 0.05) is 20.6 Å². The summed E-state index contributed by atoms with van der Waals surface area (Å²) in [5.41, 5.74) is 6.12. The van der Waals surface area contributed by atoms with Crippen molar-refractivity contribution in [2.24, 2.45) is 5.73 Å². The predicted octanol–water partition coefficient (Wildman–Crippen LogP) is 0.965. The van der Waals surface area contributed by atoms with E-state index >= 15 is 0 Å². The van der Waals surface area contributed by atoms with Gasteiger partial charge in [-0.15, -0.1) is 0 Å². The van der Waals surface area contributed by atoms with E-state index < -0.39 is 11.7 Å². The summed E-state index contributed by atoms with van der Waals surface area (Å²) >= 11 is 0. The lowest BCUT2D eigenvalue weighted by Crippen LogP contribution is -2.32. The summed E-state index contributed by atoms with van der Waals surface area (Å²) in [7, 11) is 4.68. The highest BCUT2D eigenvalue weighted by atomic mass is 19.1. The summed E-state index contributed by atoms with van der Waals surface area (Å²) in [5.74, 6) is -1.00. The molecule has 1 aromatic rings. The Morgan fingerprint density at radius 3 is 2.59 bits per heavy atom. The van der Waals surface area contributed by atoms with Crippen LogP contribution in [0.25, 0.3) is 0 Å². The molecule has 0 aliphatic heterocycles. The Balaban J connectivity index is 3.05. The molecule has 0 heterocycles. The maximum atomic E-state index is 13.5. The van der Waals surface area contributed by atoms with Gasteiger partial charge in [0.15, 0.2) is 11.6 Å². The van der Waals surface area contributed by atoms with E-state index in [1.54, 1.807) is 20.2 Å². The fourth-order valence-electron chi connectivity index (χ4n) is 1.59. The average Bonchev–Trinajstić information content (AvgIpc) is 2.30. The first-order valence-corrected chi connectivity index (χ1v) is 5.26. The van der Waals surface area contributed by atoms with Crippen LogP contribution in [-0.2, 0) is 4.79 Å². The van der Waals surface area contributed by atoms with E-state index in [0.717, 1.165) is 0 Å². The molecular weight excluding hydrogens is 223 g/mol. The number of ether oxygens (including phenoxy) is 1. The monoisotopic (exact) mass is 240 g/mol. The summed E-state index contributed by atoms with van der Waals surface area (Å²) in [5, 5.41) is 0. The second kappa shape index (κ2) is 5.63. The van der Waals surface area contributed by atoms with Crippen molar-refractivity contribution in [3.8, 4) is 5.75 Å². The molecule has 1 aromatic carbocycles. The minimum atomic E-state index is -0.523. The Kier molecular flexibility index (Phi) is 4.45. The first kappa shape index (κ1) is 13.4. The largest absolute Gasteiger partial charge is 0.494 e. The van der Waals surface area contributed by atoms with Crippen LogP contribution in [0.1, 0.15) is 11.5 Å². The van der Waals surface area contributed by atoms with E-state index in [0.29, 0.717) is 5.56 Å². The van der Waals surface area contributed by atoms with Gasteiger partial charge in [0.2, 0.25) is 5.91 Å². The lowest BCUT2D eigenvalue weighted by molar-refractivity contribution is -0.130. The van der Waals surface area contributed by atoms with Crippen LogP contribution in [0, 0.1) is 5.82 Å². The Morgan fingerprint density at radius 1 is 1.53 bits per heavy atom. The molecule has 0 fully saturated rings.